The molecule has 3 heterocycles. The Balaban J connectivity index is 1.51. The van der Waals surface area contributed by atoms with Gasteiger partial charge in [0.1, 0.15) is 11.3 Å². The topological polar surface area (TPSA) is 71.4 Å². The van der Waals surface area contributed by atoms with Crippen LogP contribution in [0.2, 0.25) is 0 Å². The summed E-state index contributed by atoms with van der Waals surface area (Å²) in [7, 11) is 0. The van der Waals surface area contributed by atoms with Crippen LogP contribution in [-0.4, -0.2) is 40.8 Å². The number of carbonyl (C=O) groups is 1. The lowest BCUT2D eigenvalue weighted by molar-refractivity contribution is -0.150. The predicted octanol–water partition coefficient (Wildman–Crippen LogP) is 3.60. The summed E-state index contributed by atoms with van der Waals surface area (Å²) in [6.45, 7) is 4.72. The largest absolute Gasteiger partial charge is 0.466 e. The first-order valence-electron chi connectivity index (χ1n) is 9.14. The Morgan fingerprint density at radius 2 is 2.31 bits per heavy atom. The molecule has 0 aliphatic carbocycles. The molecule has 26 heavy (non-hydrogen) atoms. The minimum atomic E-state index is -0.0816. The van der Waals surface area contributed by atoms with Crippen molar-refractivity contribution < 1.29 is 13.9 Å². The lowest BCUT2D eigenvalue weighted by Crippen LogP contribution is -2.38. The summed E-state index contributed by atoms with van der Waals surface area (Å²) < 4.78 is 11.2. The Hall–Kier alpha value is -2.60. The SMILES string of the molecule is CCOC(=O)[C@@H]1CCCN(Cc2cn[nH]c2-c2cc3ccccc3o2)C1. The van der Waals surface area contributed by atoms with E-state index < -0.39 is 0 Å². The number of hydrogen-bond donors (Lipinski definition) is 1. The first kappa shape index (κ1) is 16.8. The van der Waals surface area contributed by atoms with Gasteiger partial charge in [-0.3, -0.25) is 14.8 Å². The molecule has 0 bridgehead atoms. The Bertz CT molecular complexity index is 865. The van der Waals surface area contributed by atoms with Gasteiger partial charge in [-0.25, -0.2) is 0 Å². The van der Waals surface area contributed by atoms with Crippen molar-refractivity contribution in [2.45, 2.75) is 26.3 Å². The molecule has 1 aromatic carbocycles. The number of likely N-dealkylation sites (tertiary alicyclic amines) is 1. The first-order valence-corrected chi connectivity index (χ1v) is 9.14. The highest BCUT2D eigenvalue weighted by Crippen LogP contribution is 2.30. The highest BCUT2D eigenvalue weighted by Gasteiger charge is 2.27. The van der Waals surface area contributed by atoms with E-state index in [-0.39, 0.29) is 11.9 Å². The van der Waals surface area contributed by atoms with E-state index in [1.165, 1.54) is 0 Å². The minimum absolute atomic E-state index is 0.0368. The standard InChI is InChI=1S/C20H23N3O3/c1-2-25-20(24)15-7-5-9-23(12-15)13-16-11-21-22-19(16)18-10-14-6-3-4-8-17(14)26-18/h3-4,6,8,10-11,15H,2,5,7,9,12-13H2,1H3,(H,21,22)/t15-/m1/s1. The smallest absolute Gasteiger partial charge is 0.310 e. The second kappa shape index (κ2) is 7.33. The maximum Gasteiger partial charge on any atom is 0.310 e. The number of piperidine rings is 1. The molecule has 6 heteroatoms. The molecule has 1 aliphatic rings. The number of para-hydroxylation sites is 1. The molecule has 0 radical (unpaired) electrons. The van der Waals surface area contributed by atoms with E-state index in [1.54, 1.807) is 0 Å². The molecule has 0 spiro atoms. The molecule has 6 nitrogen and oxygen atoms in total. The van der Waals surface area contributed by atoms with Gasteiger partial charge in [-0.05, 0) is 38.4 Å². The number of fused-ring (bicyclic) bond motifs is 1. The van der Waals surface area contributed by atoms with Crippen molar-refractivity contribution in [2.24, 2.45) is 5.92 Å². The zero-order valence-corrected chi connectivity index (χ0v) is 14.9. The number of nitrogens with one attached hydrogen (secondary N) is 1. The van der Waals surface area contributed by atoms with Gasteiger partial charge in [0.25, 0.3) is 0 Å². The van der Waals surface area contributed by atoms with Crippen LogP contribution in [0.3, 0.4) is 0 Å². The number of hydrogen-bond acceptors (Lipinski definition) is 5. The Morgan fingerprint density at radius 3 is 3.15 bits per heavy atom. The molecule has 1 atom stereocenters. The molecule has 0 unspecified atom stereocenters. The van der Waals surface area contributed by atoms with Crippen molar-refractivity contribution in [1.29, 1.82) is 0 Å². The summed E-state index contributed by atoms with van der Waals surface area (Å²) >= 11 is 0. The van der Waals surface area contributed by atoms with Gasteiger partial charge in [0.15, 0.2) is 5.76 Å². The predicted molar refractivity (Wildman–Crippen MR) is 98.4 cm³/mol. The van der Waals surface area contributed by atoms with Crippen molar-refractivity contribution in [3.63, 3.8) is 0 Å². The van der Waals surface area contributed by atoms with Crippen LogP contribution in [0.4, 0.5) is 0 Å². The second-order valence-corrected chi connectivity index (χ2v) is 6.75. The molecule has 4 rings (SSSR count). The average Bonchev–Trinajstić information content (AvgIpc) is 3.28. The number of furan rings is 1. The quantitative estimate of drug-likeness (QED) is 0.710. The monoisotopic (exact) mass is 353 g/mol. The molecule has 1 N–H and O–H groups in total. The Labute approximate surface area is 152 Å². The minimum Gasteiger partial charge on any atom is -0.466 e. The summed E-state index contributed by atoms with van der Waals surface area (Å²) in [5.74, 6) is 0.671. The van der Waals surface area contributed by atoms with E-state index in [0.29, 0.717) is 6.61 Å². The first-order chi connectivity index (χ1) is 12.7. The van der Waals surface area contributed by atoms with Gasteiger partial charge >= 0.3 is 5.97 Å². The zero-order chi connectivity index (χ0) is 17.9. The molecule has 0 saturated carbocycles. The number of nitrogens with zero attached hydrogens (tertiary/aromatic N) is 2. The molecule has 2 aromatic heterocycles. The average molecular weight is 353 g/mol. The third-order valence-corrected chi connectivity index (χ3v) is 4.91. The van der Waals surface area contributed by atoms with E-state index in [9.17, 15) is 4.79 Å². The molecule has 3 aromatic rings. The third-order valence-electron chi connectivity index (χ3n) is 4.91. The maximum atomic E-state index is 12.1. The number of aromatic amines is 1. The van der Waals surface area contributed by atoms with Gasteiger partial charge in [0, 0.05) is 24.0 Å². The highest BCUT2D eigenvalue weighted by atomic mass is 16.5. The lowest BCUT2D eigenvalue weighted by Gasteiger charge is -2.31. The molecule has 0 amide bonds. The summed E-state index contributed by atoms with van der Waals surface area (Å²) in [6.07, 6.45) is 3.74. The van der Waals surface area contributed by atoms with Crippen LogP contribution < -0.4 is 0 Å². The van der Waals surface area contributed by atoms with Crippen LogP contribution in [0.1, 0.15) is 25.3 Å². The number of benzene rings is 1. The number of carbonyl (C=O) groups excluding carboxylic acids is 1. The van der Waals surface area contributed by atoms with E-state index in [4.69, 9.17) is 9.15 Å². The molecular formula is C20H23N3O3. The summed E-state index contributed by atoms with van der Waals surface area (Å²) in [4.78, 5) is 14.3. The van der Waals surface area contributed by atoms with Crippen LogP contribution in [0, 0.1) is 5.92 Å². The van der Waals surface area contributed by atoms with Crippen LogP contribution in [-0.2, 0) is 16.1 Å². The van der Waals surface area contributed by atoms with Gasteiger partial charge in [-0.2, -0.15) is 5.10 Å². The molecule has 136 valence electrons. The van der Waals surface area contributed by atoms with Crippen LogP contribution in [0.5, 0.6) is 0 Å². The Kier molecular flexibility index (Phi) is 4.75. The number of aromatic nitrogens is 2. The van der Waals surface area contributed by atoms with Crippen molar-refractivity contribution in [1.82, 2.24) is 15.1 Å². The van der Waals surface area contributed by atoms with Gasteiger partial charge in [0.05, 0.1) is 18.7 Å². The number of ether oxygens (including phenoxy) is 1. The van der Waals surface area contributed by atoms with Crippen molar-refractivity contribution >= 4 is 16.9 Å². The summed E-state index contributed by atoms with van der Waals surface area (Å²) in [5.41, 5.74) is 2.84. The van der Waals surface area contributed by atoms with Crippen molar-refractivity contribution in [2.75, 3.05) is 19.7 Å². The summed E-state index contributed by atoms with van der Waals surface area (Å²) in [5, 5.41) is 8.35. The van der Waals surface area contributed by atoms with Crippen molar-refractivity contribution in [3.05, 3.63) is 42.1 Å². The second-order valence-electron chi connectivity index (χ2n) is 6.75. The highest BCUT2D eigenvalue weighted by molar-refractivity contribution is 5.82. The van der Waals surface area contributed by atoms with Crippen LogP contribution >= 0.6 is 0 Å². The summed E-state index contributed by atoms with van der Waals surface area (Å²) in [6, 6.07) is 9.99. The fourth-order valence-corrected chi connectivity index (χ4v) is 3.64. The van der Waals surface area contributed by atoms with E-state index in [1.807, 2.05) is 43.5 Å². The van der Waals surface area contributed by atoms with Gasteiger partial charge in [0.2, 0.25) is 0 Å². The van der Waals surface area contributed by atoms with E-state index in [2.05, 4.69) is 15.1 Å². The van der Waals surface area contributed by atoms with E-state index in [0.717, 1.165) is 60.5 Å². The van der Waals surface area contributed by atoms with E-state index >= 15 is 0 Å². The Morgan fingerprint density at radius 1 is 1.42 bits per heavy atom. The van der Waals surface area contributed by atoms with Crippen LogP contribution in [0.15, 0.2) is 40.9 Å². The molecular weight excluding hydrogens is 330 g/mol. The number of H-pyrrole nitrogens is 1. The molecule has 1 saturated heterocycles. The third kappa shape index (κ3) is 3.37. The molecule has 1 aliphatic heterocycles. The number of rotatable bonds is 5. The fraction of sp³-hybridized carbons (Fsp3) is 0.400. The molecule has 1 fully saturated rings. The van der Waals surface area contributed by atoms with Crippen LogP contribution in [0.25, 0.3) is 22.4 Å². The maximum absolute atomic E-state index is 12.1. The fourth-order valence-electron chi connectivity index (χ4n) is 3.64. The van der Waals surface area contributed by atoms with Gasteiger partial charge in [-0.15, -0.1) is 0 Å². The normalized spacial score (nSPS) is 18.3. The van der Waals surface area contributed by atoms with Gasteiger partial charge < -0.3 is 9.15 Å². The van der Waals surface area contributed by atoms with Gasteiger partial charge in [-0.1, -0.05) is 18.2 Å². The number of esters is 1. The van der Waals surface area contributed by atoms with Crippen molar-refractivity contribution in [3.8, 4) is 11.5 Å². The zero-order valence-electron chi connectivity index (χ0n) is 14.9. The lowest BCUT2D eigenvalue weighted by atomic mass is 9.97.